The molecule has 1 amide bonds. The van der Waals surface area contributed by atoms with Gasteiger partial charge in [-0.3, -0.25) is 4.79 Å². The van der Waals surface area contributed by atoms with Gasteiger partial charge in [0.25, 0.3) is 0 Å². The molecule has 0 aliphatic carbocycles. The minimum Gasteiger partial charge on any atom is -0.375 e. The number of hydrogen-bond donors (Lipinski definition) is 2. The van der Waals surface area contributed by atoms with Crippen LogP contribution in [0.15, 0.2) is 84.9 Å². The highest BCUT2D eigenvalue weighted by molar-refractivity contribution is 5.77. The average Bonchev–Trinajstić information content (AvgIpc) is 2.75. The van der Waals surface area contributed by atoms with E-state index in [1.54, 1.807) is 0 Å². The second-order valence-electron chi connectivity index (χ2n) is 6.55. The lowest BCUT2D eigenvalue weighted by atomic mass is 10.0. The highest BCUT2D eigenvalue weighted by Gasteiger charge is 2.01. The van der Waals surface area contributed by atoms with E-state index >= 15 is 0 Å². The Hall–Kier alpha value is -2.95. The second-order valence-corrected chi connectivity index (χ2v) is 6.55. The highest BCUT2D eigenvalue weighted by atomic mass is 16.5. The van der Waals surface area contributed by atoms with E-state index in [0.717, 1.165) is 11.1 Å². The summed E-state index contributed by atoms with van der Waals surface area (Å²) in [6.07, 6.45) is 0. The van der Waals surface area contributed by atoms with Crippen molar-refractivity contribution in [3.8, 4) is 11.1 Å². The molecule has 0 saturated heterocycles. The molecule has 0 radical (unpaired) electrons. The first-order valence-corrected chi connectivity index (χ1v) is 9.55. The first-order chi connectivity index (χ1) is 13.8. The fourth-order valence-corrected chi connectivity index (χ4v) is 2.86. The molecule has 0 aromatic heterocycles. The fraction of sp³-hybridized carbons (Fsp3) is 0.208. The Morgan fingerprint density at radius 2 is 1.39 bits per heavy atom. The summed E-state index contributed by atoms with van der Waals surface area (Å²) in [5.41, 5.74) is 4.68. The Balaban J connectivity index is 1.29. The lowest BCUT2D eigenvalue weighted by Crippen LogP contribution is -2.35. The molecule has 0 heterocycles. The predicted molar refractivity (Wildman–Crippen MR) is 113 cm³/mol. The van der Waals surface area contributed by atoms with E-state index in [1.807, 2.05) is 48.5 Å². The van der Waals surface area contributed by atoms with Gasteiger partial charge in [-0.2, -0.15) is 0 Å². The van der Waals surface area contributed by atoms with Crippen LogP contribution in [0, 0.1) is 0 Å². The highest BCUT2D eigenvalue weighted by Crippen LogP contribution is 2.19. The minimum atomic E-state index is -0.0239. The Morgan fingerprint density at radius 1 is 0.750 bits per heavy atom. The number of nitrogens with one attached hydrogen (secondary N) is 2. The molecule has 0 bridgehead atoms. The van der Waals surface area contributed by atoms with Gasteiger partial charge in [0.15, 0.2) is 0 Å². The predicted octanol–water partition coefficient (Wildman–Crippen LogP) is 3.78. The largest absolute Gasteiger partial charge is 0.375 e. The van der Waals surface area contributed by atoms with Crippen LogP contribution in [0.3, 0.4) is 0 Å². The topological polar surface area (TPSA) is 50.4 Å². The van der Waals surface area contributed by atoms with E-state index in [2.05, 4.69) is 47.0 Å². The van der Waals surface area contributed by atoms with Crippen LogP contribution in [0.2, 0.25) is 0 Å². The lowest BCUT2D eigenvalue weighted by Gasteiger charge is -2.08. The van der Waals surface area contributed by atoms with Crippen molar-refractivity contribution in [2.24, 2.45) is 0 Å². The second kappa shape index (κ2) is 11.0. The smallest absolute Gasteiger partial charge is 0.234 e. The minimum absolute atomic E-state index is 0.0239. The van der Waals surface area contributed by atoms with Gasteiger partial charge in [-0.1, -0.05) is 84.9 Å². The van der Waals surface area contributed by atoms with Crippen LogP contribution in [0.25, 0.3) is 11.1 Å². The van der Waals surface area contributed by atoms with Crippen LogP contribution in [0.5, 0.6) is 0 Å². The number of hydrogen-bond acceptors (Lipinski definition) is 3. The molecule has 2 N–H and O–H groups in total. The Labute approximate surface area is 166 Å². The standard InChI is InChI=1S/C24H26N2O2/c27-24(26-15-16-28-19-21-7-3-1-4-8-21)18-25-17-20-11-13-23(14-12-20)22-9-5-2-6-10-22/h1-14,25H,15-19H2,(H,26,27). The van der Waals surface area contributed by atoms with Crippen molar-refractivity contribution in [2.45, 2.75) is 13.2 Å². The number of carbonyl (C=O) groups is 1. The van der Waals surface area contributed by atoms with Gasteiger partial charge in [0.1, 0.15) is 0 Å². The lowest BCUT2D eigenvalue weighted by molar-refractivity contribution is -0.120. The van der Waals surface area contributed by atoms with Gasteiger partial charge >= 0.3 is 0 Å². The van der Waals surface area contributed by atoms with E-state index in [9.17, 15) is 4.79 Å². The molecule has 0 atom stereocenters. The fourth-order valence-electron chi connectivity index (χ4n) is 2.86. The van der Waals surface area contributed by atoms with E-state index in [4.69, 9.17) is 4.74 Å². The molecule has 3 aromatic carbocycles. The Bertz CT molecular complexity index is 833. The molecule has 0 fully saturated rings. The van der Waals surface area contributed by atoms with Crippen molar-refractivity contribution < 1.29 is 9.53 Å². The molecular weight excluding hydrogens is 348 g/mol. The maximum Gasteiger partial charge on any atom is 0.234 e. The van der Waals surface area contributed by atoms with Gasteiger partial charge in [-0.25, -0.2) is 0 Å². The number of benzene rings is 3. The van der Waals surface area contributed by atoms with E-state index < -0.39 is 0 Å². The molecule has 4 nitrogen and oxygen atoms in total. The van der Waals surface area contributed by atoms with Gasteiger partial charge in [0, 0.05) is 13.1 Å². The molecular formula is C24H26N2O2. The van der Waals surface area contributed by atoms with Crippen LogP contribution >= 0.6 is 0 Å². The SMILES string of the molecule is O=C(CNCc1ccc(-c2ccccc2)cc1)NCCOCc1ccccc1. The molecule has 144 valence electrons. The van der Waals surface area contributed by atoms with Gasteiger partial charge in [-0.05, 0) is 22.3 Å². The number of carbonyl (C=O) groups excluding carboxylic acids is 1. The van der Waals surface area contributed by atoms with Gasteiger partial charge in [0.05, 0.1) is 19.8 Å². The van der Waals surface area contributed by atoms with Crippen LogP contribution in [-0.2, 0) is 22.7 Å². The summed E-state index contributed by atoms with van der Waals surface area (Å²) in [4.78, 5) is 11.9. The summed E-state index contributed by atoms with van der Waals surface area (Å²) in [6.45, 7) is 2.53. The maximum atomic E-state index is 11.9. The third kappa shape index (κ3) is 6.65. The molecule has 28 heavy (non-hydrogen) atoms. The summed E-state index contributed by atoms with van der Waals surface area (Å²) >= 11 is 0. The van der Waals surface area contributed by atoms with Crippen LogP contribution in [0.1, 0.15) is 11.1 Å². The number of amides is 1. The Kier molecular flexibility index (Phi) is 7.79. The van der Waals surface area contributed by atoms with Crippen molar-refractivity contribution in [1.29, 1.82) is 0 Å². The zero-order valence-electron chi connectivity index (χ0n) is 15.9. The average molecular weight is 374 g/mol. The van der Waals surface area contributed by atoms with Gasteiger partial charge in [-0.15, -0.1) is 0 Å². The summed E-state index contributed by atoms with van der Waals surface area (Å²) in [5, 5.41) is 6.03. The first-order valence-electron chi connectivity index (χ1n) is 9.55. The molecule has 0 unspecified atom stereocenters. The number of ether oxygens (including phenoxy) is 1. The maximum absolute atomic E-state index is 11.9. The Morgan fingerprint density at radius 3 is 2.11 bits per heavy atom. The van der Waals surface area contributed by atoms with Crippen LogP contribution in [0.4, 0.5) is 0 Å². The molecule has 0 saturated carbocycles. The molecule has 3 rings (SSSR count). The summed E-state index contributed by atoms with van der Waals surface area (Å²) in [5.74, 6) is -0.0239. The summed E-state index contributed by atoms with van der Waals surface area (Å²) in [6, 6.07) is 28.7. The van der Waals surface area contributed by atoms with Crippen molar-refractivity contribution in [2.75, 3.05) is 19.7 Å². The third-order valence-corrected chi connectivity index (χ3v) is 4.36. The summed E-state index contributed by atoms with van der Waals surface area (Å²) < 4.78 is 5.56. The zero-order valence-corrected chi connectivity index (χ0v) is 15.9. The van der Waals surface area contributed by atoms with E-state index in [-0.39, 0.29) is 5.91 Å². The van der Waals surface area contributed by atoms with Crippen molar-refractivity contribution in [3.05, 3.63) is 96.1 Å². The summed E-state index contributed by atoms with van der Waals surface area (Å²) in [7, 11) is 0. The monoisotopic (exact) mass is 374 g/mol. The third-order valence-electron chi connectivity index (χ3n) is 4.36. The van der Waals surface area contributed by atoms with Crippen molar-refractivity contribution in [1.82, 2.24) is 10.6 Å². The van der Waals surface area contributed by atoms with Gasteiger partial charge < -0.3 is 15.4 Å². The van der Waals surface area contributed by atoms with Gasteiger partial charge in [0.2, 0.25) is 5.91 Å². The first kappa shape index (κ1) is 19.8. The van der Waals surface area contributed by atoms with E-state index in [1.165, 1.54) is 11.1 Å². The molecule has 0 spiro atoms. The normalized spacial score (nSPS) is 10.6. The molecule has 0 aliphatic heterocycles. The molecule has 4 heteroatoms. The van der Waals surface area contributed by atoms with E-state index in [0.29, 0.717) is 32.8 Å². The zero-order chi connectivity index (χ0) is 19.4. The van der Waals surface area contributed by atoms with Crippen LogP contribution in [-0.4, -0.2) is 25.6 Å². The number of rotatable bonds is 10. The van der Waals surface area contributed by atoms with Crippen molar-refractivity contribution >= 4 is 5.91 Å². The van der Waals surface area contributed by atoms with Crippen molar-refractivity contribution in [3.63, 3.8) is 0 Å². The molecule has 0 aliphatic rings. The molecule has 3 aromatic rings. The van der Waals surface area contributed by atoms with Crippen LogP contribution < -0.4 is 10.6 Å². The quantitative estimate of drug-likeness (QED) is 0.531.